The van der Waals surface area contributed by atoms with E-state index in [0.717, 1.165) is 17.0 Å². The summed E-state index contributed by atoms with van der Waals surface area (Å²) in [5.41, 5.74) is 0.916. The van der Waals surface area contributed by atoms with Gasteiger partial charge in [-0.2, -0.15) is 22.6 Å². The van der Waals surface area contributed by atoms with Gasteiger partial charge in [0, 0.05) is 40.8 Å². The summed E-state index contributed by atoms with van der Waals surface area (Å²) in [4.78, 5) is 19.2. The zero-order chi connectivity index (χ0) is 24.8. The lowest BCUT2D eigenvalue weighted by atomic mass is 10.2. The molecule has 0 saturated carbocycles. The highest BCUT2D eigenvalue weighted by atomic mass is 35.5. The Morgan fingerprint density at radius 3 is 2.44 bits per heavy atom. The molecule has 180 valence electrons. The third-order valence-electron chi connectivity index (χ3n) is 4.73. The molecule has 34 heavy (non-hydrogen) atoms. The quantitative estimate of drug-likeness (QED) is 0.372. The second-order valence-electron chi connectivity index (χ2n) is 7.35. The molecule has 0 bridgehead atoms. The highest BCUT2D eigenvalue weighted by Gasteiger charge is 2.65. The number of nitrogens with zero attached hydrogens (tertiary/aromatic N) is 3. The average Bonchev–Trinajstić information content (AvgIpc) is 3.10. The van der Waals surface area contributed by atoms with Crippen LogP contribution in [0.5, 0.6) is 11.5 Å². The number of thiazole rings is 1. The van der Waals surface area contributed by atoms with E-state index >= 15 is 0 Å². The topological polar surface area (TPSA) is 56.1 Å². The lowest BCUT2D eigenvalue weighted by Gasteiger charge is -2.31. The van der Waals surface area contributed by atoms with Gasteiger partial charge >= 0.3 is 18.2 Å². The van der Waals surface area contributed by atoms with Crippen molar-refractivity contribution in [3.05, 3.63) is 67.9 Å². The van der Waals surface area contributed by atoms with Crippen LogP contribution in [0.2, 0.25) is 10.0 Å². The molecule has 2 amide bonds. The zero-order valence-corrected chi connectivity index (χ0v) is 19.8. The van der Waals surface area contributed by atoms with Gasteiger partial charge in [0.05, 0.1) is 5.69 Å². The fourth-order valence-corrected chi connectivity index (χ4v) is 4.36. The van der Waals surface area contributed by atoms with Crippen molar-refractivity contribution in [1.82, 2.24) is 9.47 Å². The van der Waals surface area contributed by atoms with Crippen molar-refractivity contribution >= 4 is 40.6 Å². The van der Waals surface area contributed by atoms with Crippen LogP contribution in [0.15, 0.2) is 47.6 Å². The van der Waals surface area contributed by atoms with Gasteiger partial charge in [-0.1, -0.05) is 29.3 Å². The molecule has 0 unspecified atom stereocenters. The van der Waals surface area contributed by atoms with Crippen LogP contribution in [0.4, 0.5) is 22.4 Å². The molecule has 0 aliphatic carbocycles. The van der Waals surface area contributed by atoms with E-state index in [2.05, 4.69) is 14.5 Å². The number of urea groups is 1. The summed E-state index contributed by atoms with van der Waals surface area (Å²) < 4.78 is 63.7. The SMILES string of the molecule is Cc1cn(-c2ccc3c(c2)OC(F)(F)C(F)(F)O3)c(=NC(=O)N(C)Cc2ccc(Cl)cc2Cl)s1. The Labute approximate surface area is 204 Å². The van der Waals surface area contributed by atoms with Gasteiger partial charge in [-0.3, -0.25) is 4.57 Å². The Kier molecular flexibility index (Phi) is 6.30. The first kappa shape index (κ1) is 24.4. The standard InChI is InChI=1S/C21H15Cl2F4N3O3S/c1-11-9-30(14-5-6-16-17(8-14)33-21(26,27)20(24,25)32-16)19(34-11)28-18(31)29(2)10-12-3-4-13(22)7-15(12)23/h3-9H,10H2,1-2H3. The number of fused-ring (bicyclic) bond motifs is 1. The van der Waals surface area contributed by atoms with E-state index in [1.807, 2.05) is 0 Å². The van der Waals surface area contributed by atoms with Crippen molar-refractivity contribution in [3.8, 4) is 17.2 Å². The normalized spacial score (nSPS) is 16.4. The molecule has 0 fully saturated rings. The number of hydrogen-bond acceptors (Lipinski definition) is 4. The number of hydrogen-bond donors (Lipinski definition) is 0. The monoisotopic (exact) mass is 535 g/mol. The molecular formula is C21H15Cl2F4N3O3S. The Balaban J connectivity index is 1.64. The minimum absolute atomic E-state index is 0.163. The molecule has 1 aliphatic heterocycles. The molecule has 0 atom stereocenters. The van der Waals surface area contributed by atoms with E-state index in [1.54, 1.807) is 31.3 Å². The number of carbonyl (C=O) groups excluding carboxylic acids is 1. The van der Waals surface area contributed by atoms with E-state index in [0.29, 0.717) is 15.6 Å². The minimum Gasteiger partial charge on any atom is -0.421 e. The van der Waals surface area contributed by atoms with Gasteiger partial charge in [0.1, 0.15) is 0 Å². The predicted octanol–water partition coefficient (Wildman–Crippen LogP) is 6.26. The first-order chi connectivity index (χ1) is 15.9. The van der Waals surface area contributed by atoms with Gasteiger partial charge in [-0.05, 0) is 36.8 Å². The van der Waals surface area contributed by atoms with Crippen molar-refractivity contribution in [1.29, 1.82) is 0 Å². The van der Waals surface area contributed by atoms with Crippen molar-refractivity contribution in [2.24, 2.45) is 4.99 Å². The van der Waals surface area contributed by atoms with Crippen LogP contribution in [0, 0.1) is 6.92 Å². The predicted molar refractivity (Wildman–Crippen MR) is 118 cm³/mol. The van der Waals surface area contributed by atoms with E-state index in [-0.39, 0.29) is 17.0 Å². The summed E-state index contributed by atoms with van der Waals surface area (Å²) in [6.07, 6.45) is -8.04. The van der Waals surface area contributed by atoms with Crippen LogP contribution in [0.25, 0.3) is 5.69 Å². The number of aryl methyl sites for hydroxylation is 1. The Bertz CT molecular complexity index is 1340. The molecular weight excluding hydrogens is 521 g/mol. The Hall–Kier alpha value is -2.76. The summed E-state index contributed by atoms with van der Waals surface area (Å²) in [7, 11) is 1.54. The Morgan fingerprint density at radius 2 is 1.76 bits per heavy atom. The number of amides is 2. The number of halogens is 6. The molecule has 13 heteroatoms. The smallest absolute Gasteiger partial charge is 0.421 e. The maximum Gasteiger partial charge on any atom is 0.507 e. The minimum atomic E-state index is -4.84. The van der Waals surface area contributed by atoms with E-state index in [4.69, 9.17) is 23.2 Å². The highest BCUT2D eigenvalue weighted by Crippen LogP contribution is 2.47. The molecule has 4 rings (SSSR count). The number of rotatable bonds is 3. The van der Waals surface area contributed by atoms with Crippen molar-refractivity contribution in [2.45, 2.75) is 25.7 Å². The first-order valence-electron chi connectivity index (χ1n) is 9.57. The van der Waals surface area contributed by atoms with Gasteiger partial charge in [0.2, 0.25) is 0 Å². The van der Waals surface area contributed by atoms with Gasteiger partial charge in [-0.15, -0.1) is 11.3 Å². The molecule has 0 saturated heterocycles. The second kappa shape index (κ2) is 8.79. The molecule has 0 spiro atoms. The highest BCUT2D eigenvalue weighted by molar-refractivity contribution is 7.09. The molecule has 2 heterocycles. The summed E-state index contributed by atoms with van der Waals surface area (Å²) >= 11 is 13.2. The molecule has 1 aliphatic rings. The fraction of sp³-hybridized carbons (Fsp3) is 0.238. The Morgan fingerprint density at radius 1 is 1.09 bits per heavy atom. The van der Waals surface area contributed by atoms with Crippen LogP contribution < -0.4 is 14.3 Å². The van der Waals surface area contributed by atoms with Crippen LogP contribution in [-0.2, 0) is 6.54 Å². The first-order valence-corrected chi connectivity index (χ1v) is 11.1. The summed E-state index contributed by atoms with van der Waals surface area (Å²) in [6.45, 7) is 1.92. The maximum absolute atomic E-state index is 13.6. The second-order valence-corrected chi connectivity index (χ2v) is 9.41. The molecule has 6 nitrogen and oxygen atoms in total. The largest absolute Gasteiger partial charge is 0.507 e. The third-order valence-corrected chi connectivity index (χ3v) is 6.22. The maximum atomic E-state index is 13.6. The molecule has 0 N–H and O–H groups in total. The fourth-order valence-electron chi connectivity index (χ4n) is 3.06. The molecule has 1 aromatic heterocycles. The molecule has 3 aromatic rings. The van der Waals surface area contributed by atoms with E-state index < -0.39 is 29.7 Å². The van der Waals surface area contributed by atoms with Crippen LogP contribution in [-0.4, -0.2) is 34.8 Å². The molecule has 0 radical (unpaired) electrons. The van der Waals surface area contributed by atoms with Crippen molar-refractivity contribution < 1.29 is 31.8 Å². The van der Waals surface area contributed by atoms with Crippen molar-refractivity contribution in [3.63, 3.8) is 0 Å². The van der Waals surface area contributed by atoms with Crippen LogP contribution in [0.3, 0.4) is 0 Å². The average molecular weight is 536 g/mol. The van der Waals surface area contributed by atoms with E-state index in [9.17, 15) is 22.4 Å². The van der Waals surface area contributed by atoms with Gasteiger partial charge < -0.3 is 14.4 Å². The lowest BCUT2D eigenvalue weighted by Crippen LogP contribution is -2.52. The number of aromatic nitrogens is 1. The summed E-state index contributed by atoms with van der Waals surface area (Å²) in [5, 5.41) is 0.858. The summed E-state index contributed by atoms with van der Waals surface area (Å²) in [6, 6.07) is 7.85. The van der Waals surface area contributed by atoms with Gasteiger partial charge in [-0.25, -0.2) is 4.79 Å². The molecule has 2 aromatic carbocycles. The number of carbonyl (C=O) groups is 1. The zero-order valence-electron chi connectivity index (χ0n) is 17.5. The lowest BCUT2D eigenvalue weighted by molar-refractivity contribution is -0.391. The van der Waals surface area contributed by atoms with Crippen LogP contribution >= 0.6 is 34.5 Å². The number of ether oxygens (including phenoxy) is 2. The van der Waals surface area contributed by atoms with E-state index in [1.165, 1.54) is 33.9 Å². The number of benzene rings is 2. The van der Waals surface area contributed by atoms with Crippen molar-refractivity contribution in [2.75, 3.05) is 7.05 Å². The number of alkyl halides is 4. The van der Waals surface area contributed by atoms with Crippen LogP contribution in [0.1, 0.15) is 10.4 Å². The third kappa shape index (κ3) is 4.73. The van der Waals surface area contributed by atoms with Gasteiger partial charge in [0.15, 0.2) is 16.3 Å². The van der Waals surface area contributed by atoms with Gasteiger partial charge in [0.25, 0.3) is 0 Å². The summed E-state index contributed by atoms with van der Waals surface area (Å²) in [5.74, 6) is -1.11.